The second kappa shape index (κ2) is 8.52. The molecule has 2 amide bonds. The van der Waals surface area contributed by atoms with Crippen molar-refractivity contribution in [1.82, 2.24) is 10.2 Å². The lowest BCUT2D eigenvalue weighted by atomic mass is 10.1. The third kappa shape index (κ3) is 6.04. The van der Waals surface area contributed by atoms with Crippen molar-refractivity contribution >= 4 is 23.6 Å². The molecule has 0 radical (unpaired) electrons. The molecule has 2 N–H and O–H groups in total. The highest BCUT2D eigenvalue weighted by molar-refractivity contribution is 6.31. The molecule has 1 atom stereocenters. The Balaban J connectivity index is 2.60. The van der Waals surface area contributed by atoms with Crippen molar-refractivity contribution in [2.24, 2.45) is 0 Å². The van der Waals surface area contributed by atoms with Gasteiger partial charge in [0.05, 0.1) is 6.42 Å². The minimum Gasteiger partial charge on any atom is -0.481 e. The highest BCUT2D eigenvalue weighted by atomic mass is 35.5. The van der Waals surface area contributed by atoms with Crippen molar-refractivity contribution in [2.75, 3.05) is 7.05 Å². The van der Waals surface area contributed by atoms with Crippen LogP contribution in [0.25, 0.3) is 0 Å². The van der Waals surface area contributed by atoms with Gasteiger partial charge in [-0.3, -0.25) is 4.79 Å². The normalized spacial score (nSPS) is 11.8. The Morgan fingerprint density at radius 3 is 2.62 bits per heavy atom. The van der Waals surface area contributed by atoms with E-state index in [4.69, 9.17) is 16.7 Å². The van der Waals surface area contributed by atoms with E-state index in [1.54, 1.807) is 13.1 Å². The predicted molar refractivity (Wildman–Crippen MR) is 82.4 cm³/mol. The molecule has 116 valence electrons. The largest absolute Gasteiger partial charge is 0.481 e. The van der Waals surface area contributed by atoms with Crippen LogP contribution in [-0.2, 0) is 11.3 Å². The third-order valence-electron chi connectivity index (χ3n) is 3.10. The number of aliphatic carboxylic acids is 1. The summed E-state index contributed by atoms with van der Waals surface area (Å²) in [5, 5.41) is 12.2. The van der Waals surface area contributed by atoms with Crippen molar-refractivity contribution < 1.29 is 14.7 Å². The first-order valence-corrected chi connectivity index (χ1v) is 7.28. The molecule has 21 heavy (non-hydrogen) atoms. The van der Waals surface area contributed by atoms with Crippen LogP contribution in [0, 0.1) is 0 Å². The molecule has 1 aromatic rings. The van der Waals surface area contributed by atoms with Crippen molar-refractivity contribution in [3.63, 3.8) is 0 Å². The number of urea groups is 1. The fourth-order valence-electron chi connectivity index (χ4n) is 2.02. The van der Waals surface area contributed by atoms with Crippen molar-refractivity contribution in [3.8, 4) is 0 Å². The van der Waals surface area contributed by atoms with Gasteiger partial charge in [-0.25, -0.2) is 4.79 Å². The van der Waals surface area contributed by atoms with Gasteiger partial charge in [0.1, 0.15) is 0 Å². The fraction of sp³-hybridized carbons (Fsp3) is 0.467. The standard InChI is InChI=1S/C15H21ClN2O3/c1-3-6-12(9-14(19)20)17-15(21)18(2)10-11-7-4-5-8-13(11)16/h4-5,7-8,12H,3,6,9-10H2,1-2H3,(H,17,21)(H,19,20). The summed E-state index contributed by atoms with van der Waals surface area (Å²) in [4.78, 5) is 24.4. The van der Waals surface area contributed by atoms with Gasteiger partial charge in [-0.15, -0.1) is 0 Å². The quantitative estimate of drug-likeness (QED) is 0.812. The van der Waals surface area contributed by atoms with Gasteiger partial charge in [0, 0.05) is 24.7 Å². The Morgan fingerprint density at radius 2 is 2.05 bits per heavy atom. The molecule has 0 saturated heterocycles. The maximum atomic E-state index is 12.1. The van der Waals surface area contributed by atoms with E-state index in [2.05, 4.69) is 5.32 Å². The van der Waals surface area contributed by atoms with Gasteiger partial charge in [-0.05, 0) is 18.1 Å². The summed E-state index contributed by atoms with van der Waals surface area (Å²) in [5.41, 5.74) is 0.849. The van der Waals surface area contributed by atoms with Crippen molar-refractivity contribution in [2.45, 2.75) is 38.8 Å². The molecule has 6 heteroatoms. The SMILES string of the molecule is CCCC(CC(=O)O)NC(=O)N(C)Cc1ccccc1Cl. The number of carbonyl (C=O) groups excluding carboxylic acids is 1. The lowest BCUT2D eigenvalue weighted by Gasteiger charge is -2.23. The molecule has 1 aromatic carbocycles. The minimum atomic E-state index is -0.914. The van der Waals surface area contributed by atoms with Gasteiger partial charge in [-0.1, -0.05) is 43.1 Å². The van der Waals surface area contributed by atoms with Crippen LogP contribution < -0.4 is 5.32 Å². The number of carbonyl (C=O) groups is 2. The molecular formula is C15H21ClN2O3. The van der Waals surface area contributed by atoms with Crippen LogP contribution in [0.1, 0.15) is 31.7 Å². The molecule has 0 saturated carbocycles. The Hall–Kier alpha value is -1.75. The van der Waals surface area contributed by atoms with E-state index >= 15 is 0 Å². The van der Waals surface area contributed by atoms with E-state index in [0.717, 1.165) is 12.0 Å². The number of rotatable bonds is 7. The molecule has 0 aliphatic heterocycles. The Labute approximate surface area is 129 Å². The van der Waals surface area contributed by atoms with Gasteiger partial charge in [-0.2, -0.15) is 0 Å². The Bertz CT molecular complexity index is 494. The zero-order valence-corrected chi connectivity index (χ0v) is 13.1. The van der Waals surface area contributed by atoms with Crippen LogP contribution in [0.15, 0.2) is 24.3 Å². The zero-order chi connectivity index (χ0) is 15.8. The number of carboxylic acids is 1. The number of carboxylic acid groups (broad SMARTS) is 1. The summed E-state index contributed by atoms with van der Waals surface area (Å²) in [6, 6.07) is 6.66. The molecule has 1 rings (SSSR count). The third-order valence-corrected chi connectivity index (χ3v) is 3.47. The molecular weight excluding hydrogens is 292 g/mol. The van der Waals surface area contributed by atoms with E-state index in [1.807, 2.05) is 25.1 Å². The first kappa shape index (κ1) is 17.3. The summed E-state index contributed by atoms with van der Waals surface area (Å²) in [7, 11) is 1.66. The molecule has 1 unspecified atom stereocenters. The average molecular weight is 313 g/mol. The van der Waals surface area contributed by atoms with Gasteiger partial charge in [0.2, 0.25) is 0 Å². The Kier molecular flexibility index (Phi) is 7.02. The van der Waals surface area contributed by atoms with Gasteiger partial charge >= 0.3 is 12.0 Å². The van der Waals surface area contributed by atoms with E-state index in [0.29, 0.717) is 18.0 Å². The topological polar surface area (TPSA) is 69.6 Å². The molecule has 0 aromatic heterocycles. The molecule has 0 heterocycles. The van der Waals surface area contributed by atoms with E-state index in [9.17, 15) is 9.59 Å². The summed E-state index contributed by atoms with van der Waals surface area (Å²) >= 11 is 6.06. The van der Waals surface area contributed by atoms with E-state index < -0.39 is 5.97 Å². The molecule has 0 fully saturated rings. The van der Waals surface area contributed by atoms with Crippen LogP contribution in [0.4, 0.5) is 4.79 Å². The van der Waals surface area contributed by atoms with Crippen molar-refractivity contribution in [1.29, 1.82) is 0 Å². The average Bonchev–Trinajstić information content (AvgIpc) is 2.40. The Morgan fingerprint density at radius 1 is 1.38 bits per heavy atom. The lowest BCUT2D eigenvalue weighted by Crippen LogP contribution is -2.43. The molecule has 0 aliphatic carbocycles. The first-order valence-electron chi connectivity index (χ1n) is 6.90. The molecule has 0 bridgehead atoms. The summed E-state index contributed by atoms with van der Waals surface area (Å²) in [6.45, 7) is 2.33. The van der Waals surface area contributed by atoms with Gasteiger partial charge in [0.15, 0.2) is 0 Å². The molecule has 0 spiro atoms. The lowest BCUT2D eigenvalue weighted by molar-refractivity contribution is -0.137. The summed E-state index contributed by atoms with van der Waals surface area (Å²) < 4.78 is 0. The number of benzene rings is 1. The maximum absolute atomic E-state index is 12.1. The van der Waals surface area contributed by atoms with Crippen LogP contribution in [0.2, 0.25) is 5.02 Å². The first-order chi connectivity index (χ1) is 9.93. The van der Waals surface area contributed by atoms with Crippen LogP contribution >= 0.6 is 11.6 Å². The molecule has 0 aliphatic rings. The van der Waals surface area contributed by atoms with E-state index in [1.165, 1.54) is 4.90 Å². The van der Waals surface area contributed by atoms with Gasteiger partial charge < -0.3 is 15.3 Å². The van der Waals surface area contributed by atoms with Crippen LogP contribution in [0.3, 0.4) is 0 Å². The second-order valence-corrected chi connectivity index (χ2v) is 5.39. The second-order valence-electron chi connectivity index (χ2n) is 4.98. The molecule has 5 nitrogen and oxygen atoms in total. The van der Waals surface area contributed by atoms with Gasteiger partial charge in [0.25, 0.3) is 0 Å². The maximum Gasteiger partial charge on any atom is 0.317 e. The number of nitrogens with one attached hydrogen (secondary N) is 1. The predicted octanol–water partition coefficient (Wildman–Crippen LogP) is 3.12. The smallest absolute Gasteiger partial charge is 0.317 e. The van der Waals surface area contributed by atoms with Crippen molar-refractivity contribution in [3.05, 3.63) is 34.9 Å². The number of amides is 2. The highest BCUT2D eigenvalue weighted by Gasteiger charge is 2.18. The van der Waals surface area contributed by atoms with Crippen LogP contribution in [0.5, 0.6) is 0 Å². The summed E-state index contributed by atoms with van der Waals surface area (Å²) in [5.74, 6) is -0.914. The fourth-order valence-corrected chi connectivity index (χ4v) is 2.22. The summed E-state index contributed by atoms with van der Waals surface area (Å²) in [6.07, 6.45) is 1.38. The monoisotopic (exact) mass is 312 g/mol. The highest BCUT2D eigenvalue weighted by Crippen LogP contribution is 2.16. The zero-order valence-electron chi connectivity index (χ0n) is 12.3. The number of nitrogens with zero attached hydrogens (tertiary/aromatic N) is 1. The number of hydrogen-bond acceptors (Lipinski definition) is 2. The van der Waals surface area contributed by atoms with Crippen LogP contribution in [-0.4, -0.2) is 35.1 Å². The number of halogens is 1. The minimum absolute atomic E-state index is 0.0699. The van der Waals surface area contributed by atoms with E-state index in [-0.39, 0.29) is 18.5 Å². The number of hydrogen-bond donors (Lipinski definition) is 2.